The molecule has 4 aromatic rings. The molecule has 3 aromatic carbocycles. The van der Waals surface area contributed by atoms with Gasteiger partial charge in [0.2, 0.25) is 0 Å². The van der Waals surface area contributed by atoms with Crippen molar-refractivity contribution in [1.82, 2.24) is 0 Å². The zero-order valence-electron chi connectivity index (χ0n) is 27.3. The van der Waals surface area contributed by atoms with Gasteiger partial charge in [0.05, 0.1) is 22.8 Å². The summed E-state index contributed by atoms with van der Waals surface area (Å²) in [6.07, 6.45) is 6.49. The Balaban J connectivity index is 1.39. The van der Waals surface area contributed by atoms with Crippen LogP contribution in [0.2, 0.25) is 0 Å². The summed E-state index contributed by atoms with van der Waals surface area (Å²) in [7, 11) is 0. The fourth-order valence-electron chi connectivity index (χ4n) is 6.33. The van der Waals surface area contributed by atoms with Gasteiger partial charge in [-0.1, -0.05) is 114 Å². The lowest BCUT2D eigenvalue weighted by molar-refractivity contribution is 0.489. The maximum absolute atomic E-state index is 15.2. The van der Waals surface area contributed by atoms with Crippen molar-refractivity contribution in [2.45, 2.75) is 66.2 Å². The summed E-state index contributed by atoms with van der Waals surface area (Å²) in [5.74, 6) is 1.01. The lowest BCUT2D eigenvalue weighted by Crippen LogP contribution is -2.29. The largest absolute Gasteiger partial charge is 0.396 e. The zero-order valence-corrected chi connectivity index (χ0v) is 28.2. The first-order chi connectivity index (χ1) is 22.2. The van der Waals surface area contributed by atoms with E-state index in [1.807, 2.05) is 48.5 Å². The molecule has 0 saturated carbocycles. The Kier molecular flexibility index (Phi) is 10.4. The van der Waals surface area contributed by atoms with E-state index in [1.54, 1.807) is 17.4 Å². The van der Waals surface area contributed by atoms with Gasteiger partial charge in [-0.05, 0) is 70.7 Å². The van der Waals surface area contributed by atoms with E-state index in [0.29, 0.717) is 39.8 Å². The van der Waals surface area contributed by atoms with Crippen molar-refractivity contribution in [3.8, 4) is 21.6 Å². The number of nitrogens with two attached hydrogens (primary N) is 2. The van der Waals surface area contributed by atoms with E-state index in [0.717, 1.165) is 52.1 Å². The Morgan fingerprint density at radius 1 is 0.587 bits per heavy atom. The van der Waals surface area contributed by atoms with E-state index in [1.165, 1.54) is 18.4 Å². The number of hydrogen-bond acceptors (Lipinski definition) is 5. The molecule has 238 valence electrons. The molecule has 0 aliphatic heterocycles. The van der Waals surface area contributed by atoms with Crippen LogP contribution in [0.4, 0.5) is 4.39 Å². The molecule has 0 bridgehead atoms. The van der Waals surface area contributed by atoms with Crippen molar-refractivity contribution in [3.63, 3.8) is 0 Å². The third-order valence-corrected chi connectivity index (χ3v) is 10.7. The van der Waals surface area contributed by atoms with Crippen molar-refractivity contribution >= 4 is 33.9 Å². The Bertz CT molecular complexity index is 1790. The third kappa shape index (κ3) is 6.78. The van der Waals surface area contributed by atoms with Crippen LogP contribution in [0.3, 0.4) is 0 Å². The first kappa shape index (κ1) is 33.1. The van der Waals surface area contributed by atoms with E-state index in [2.05, 4.69) is 52.0 Å². The molecule has 0 spiro atoms. The third-order valence-electron chi connectivity index (χ3n) is 9.55. The summed E-state index contributed by atoms with van der Waals surface area (Å²) in [5, 5.41) is 17.9. The van der Waals surface area contributed by atoms with Crippen LogP contribution in [0.5, 0.6) is 0 Å². The Morgan fingerprint density at radius 3 is 1.65 bits per heavy atom. The standard InChI is InChI=1S/C40H45FN4S/c1-5-24(6-2)21-26-9-12-29(13-10-26)33-19-20-34(46-33)36-39(44)37(42)35(38(43)40(36)45)30-16-14-28(15-17-30)31-18-11-27(23-32(31)41)22-25(7-3)8-4/h9-20,23-25,42,44H,5-8,21-22,43,45H2,1-4H3. The summed E-state index contributed by atoms with van der Waals surface area (Å²) >= 11 is 1.55. The Hall–Kier alpha value is -4.29. The van der Waals surface area contributed by atoms with Gasteiger partial charge in [0, 0.05) is 26.5 Å². The summed E-state index contributed by atoms with van der Waals surface area (Å²) in [4.78, 5) is 1.88. The van der Waals surface area contributed by atoms with Crippen LogP contribution in [0.25, 0.3) is 32.7 Å². The number of halogens is 1. The maximum Gasteiger partial charge on any atom is 0.131 e. The topological polar surface area (TPSA) is 99.7 Å². The van der Waals surface area contributed by atoms with Crippen molar-refractivity contribution in [1.29, 1.82) is 10.8 Å². The highest BCUT2D eigenvalue weighted by Crippen LogP contribution is 2.39. The number of rotatable bonds is 12. The molecule has 1 aliphatic rings. The average molecular weight is 633 g/mol. The smallest absolute Gasteiger partial charge is 0.131 e. The molecule has 5 rings (SSSR count). The zero-order chi connectivity index (χ0) is 33.0. The number of thiophene rings is 1. The number of nitrogens with one attached hydrogen (secondary N) is 2. The molecule has 6 N–H and O–H groups in total. The van der Waals surface area contributed by atoms with Gasteiger partial charge in [-0.25, -0.2) is 4.39 Å². The average Bonchev–Trinajstić information content (AvgIpc) is 3.56. The number of hydrogen-bond donors (Lipinski definition) is 4. The second-order valence-electron chi connectivity index (χ2n) is 12.4. The first-order valence-corrected chi connectivity index (χ1v) is 17.3. The van der Waals surface area contributed by atoms with Crippen LogP contribution in [0, 0.1) is 28.5 Å². The molecule has 46 heavy (non-hydrogen) atoms. The van der Waals surface area contributed by atoms with Crippen LogP contribution in [0.1, 0.15) is 74.9 Å². The molecule has 0 amide bonds. The highest BCUT2D eigenvalue weighted by atomic mass is 32.1. The van der Waals surface area contributed by atoms with Gasteiger partial charge < -0.3 is 11.5 Å². The molecule has 0 atom stereocenters. The van der Waals surface area contributed by atoms with Crippen LogP contribution in [0.15, 0.2) is 90.3 Å². The molecule has 0 fully saturated rings. The molecule has 1 aromatic heterocycles. The van der Waals surface area contributed by atoms with E-state index in [4.69, 9.17) is 22.3 Å². The van der Waals surface area contributed by atoms with Gasteiger partial charge in [0.1, 0.15) is 5.82 Å². The van der Waals surface area contributed by atoms with Crippen LogP contribution < -0.4 is 11.5 Å². The minimum Gasteiger partial charge on any atom is -0.396 e. The van der Waals surface area contributed by atoms with Gasteiger partial charge in [-0.3, -0.25) is 10.8 Å². The molecular formula is C40H45FN4S. The lowest BCUT2D eigenvalue weighted by atomic mass is 9.85. The van der Waals surface area contributed by atoms with Gasteiger partial charge in [0.15, 0.2) is 0 Å². The summed E-state index contributed by atoms with van der Waals surface area (Å²) < 4.78 is 15.2. The van der Waals surface area contributed by atoms with E-state index in [9.17, 15) is 0 Å². The predicted molar refractivity (Wildman–Crippen MR) is 195 cm³/mol. The van der Waals surface area contributed by atoms with Gasteiger partial charge >= 0.3 is 0 Å². The molecule has 6 heteroatoms. The Labute approximate surface area is 277 Å². The Morgan fingerprint density at radius 2 is 1.07 bits per heavy atom. The van der Waals surface area contributed by atoms with Crippen LogP contribution >= 0.6 is 11.3 Å². The summed E-state index contributed by atoms with van der Waals surface area (Å²) in [6.45, 7) is 8.84. The lowest BCUT2D eigenvalue weighted by Gasteiger charge is -2.23. The minimum absolute atomic E-state index is 0.0205. The monoisotopic (exact) mass is 632 g/mol. The SMILES string of the molecule is CCC(CC)Cc1ccc(-c2ccc(C3=C(N)C(N)=C(c4ccc(-c5ccc(CC(CC)CC)cc5F)cc4)C(=N)C3=N)s2)cc1. The van der Waals surface area contributed by atoms with Crippen molar-refractivity contribution < 1.29 is 4.39 Å². The van der Waals surface area contributed by atoms with Gasteiger partial charge in [-0.2, -0.15) is 0 Å². The van der Waals surface area contributed by atoms with E-state index >= 15 is 4.39 Å². The molecule has 0 unspecified atom stereocenters. The fourth-order valence-corrected chi connectivity index (χ4v) is 7.41. The maximum atomic E-state index is 15.2. The van der Waals surface area contributed by atoms with Crippen molar-refractivity contribution in [2.24, 2.45) is 23.3 Å². The predicted octanol–water partition coefficient (Wildman–Crippen LogP) is 10.3. The van der Waals surface area contributed by atoms with Crippen molar-refractivity contribution in [2.75, 3.05) is 0 Å². The van der Waals surface area contributed by atoms with Crippen LogP contribution in [-0.2, 0) is 12.8 Å². The summed E-state index contributed by atoms with van der Waals surface area (Å²) in [5.41, 5.74) is 20.2. The molecule has 0 saturated heterocycles. The fraction of sp³-hybridized carbons (Fsp3) is 0.300. The quantitative estimate of drug-likeness (QED) is 0.117. The molecule has 0 radical (unpaired) electrons. The van der Waals surface area contributed by atoms with Crippen LogP contribution in [-0.4, -0.2) is 11.4 Å². The second-order valence-corrected chi connectivity index (χ2v) is 13.4. The molecule has 1 aliphatic carbocycles. The number of allylic oxidation sites excluding steroid dienone is 2. The second kappa shape index (κ2) is 14.4. The number of benzene rings is 3. The van der Waals surface area contributed by atoms with E-state index < -0.39 is 0 Å². The molecular weight excluding hydrogens is 588 g/mol. The molecule has 1 heterocycles. The van der Waals surface area contributed by atoms with Crippen molar-refractivity contribution in [3.05, 3.63) is 118 Å². The molecule has 4 nitrogen and oxygen atoms in total. The highest BCUT2D eigenvalue weighted by molar-refractivity contribution is 7.17. The van der Waals surface area contributed by atoms with Gasteiger partial charge in [-0.15, -0.1) is 11.3 Å². The normalized spacial score (nSPS) is 13.9. The minimum atomic E-state index is -0.244. The van der Waals surface area contributed by atoms with Gasteiger partial charge in [0.25, 0.3) is 0 Å². The first-order valence-electron chi connectivity index (χ1n) is 16.5. The van der Waals surface area contributed by atoms with E-state index in [-0.39, 0.29) is 22.9 Å². The highest BCUT2D eigenvalue weighted by Gasteiger charge is 2.30. The summed E-state index contributed by atoms with van der Waals surface area (Å²) in [6, 6.07) is 25.5.